The van der Waals surface area contributed by atoms with Crippen molar-refractivity contribution in [1.82, 2.24) is 9.80 Å². The number of rotatable bonds is 2. The molecule has 0 aliphatic carbocycles. The highest BCUT2D eigenvalue weighted by Crippen LogP contribution is 2.26. The van der Waals surface area contributed by atoms with Crippen LogP contribution in [-0.2, 0) is 9.53 Å². The summed E-state index contributed by atoms with van der Waals surface area (Å²) in [6, 6.07) is -1.17. The zero-order chi connectivity index (χ0) is 14.2. The summed E-state index contributed by atoms with van der Waals surface area (Å²) in [6.45, 7) is 2.65. The fourth-order valence-corrected chi connectivity index (χ4v) is 2.70. The maximum absolute atomic E-state index is 12.3. The molecular weight excluding hydrogens is 252 g/mol. The quantitative estimate of drug-likeness (QED) is 0.722. The molecular formula is C12H20N2O5. The summed E-state index contributed by atoms with van der Waals surface area (Å²) < 4.78 is 5.15. The molecule has 0 radical (unpaired) electrons. The van der Waals surface area contributed by atoms with Crippen LogP contribution in [0.4, 0.5) is 4.79 Å². The number of carboxylic acids is 1. The Morgan fingerprint density at radius 2 is 2.11 bits per heavy atom. The molecule has 2 N–H and O–H groups in total. The largest absolute Gasteiger partial charge is 0.480 e. The molecule has 2 amide bonds. The van der Waals surface area contributed by atoms with Crippen LogP contribution in [0.1, 0.15) is 19.8 Å². The topological polar surface area (TPSA) is 90.3 Å². The molecule has 2 saturated heterocycles. The van der Waals surface area contributed by atoms with Crippen molar-refractivity contribution in [3.05, 3.63) is 0 Å². The normalized spacial score (nSPS) is 34.9. The smallest absolute Gasteiger partial charge is 0.326 e. The lowest BCUT2D eigenvalue weighted by Gasteiger charge is -2.28. The van der Waals surface area contributed by atoms with E-state index in [9.17, 15) is 19.8 Å². The van der Waals surface area contributed by atoms with Gasteiger partial charge < -0.3 is 24.7 Å². The van der Waals surface area contributed by atoms with Crippen LogP contribution in [0.15, 0.2) is 0 Å². The van der Waals surface area contributed by atoms with Crippen LogP contribution in [0.25, 0.3) is 0 Å². The van der Waals surface area contributed by atoms with Gasteiger partial charge in [0.05, 0.1) is 18.2 Å². The van der Waals surface area contributed by atoms with E-state index >= 15 is 0 Å². The molecule has 0 saturated carbocycles. The van der Waals surface area contributed by atoms with E-state index in [1.807, 2.05) is 0 Å². The Hall–Kier alpha value is -1.34. The van der Waals surface area contributed by atoms with Crippen molar-refractivity contribution in [2.24, 2.45) is 0 Å². The maximum atomic E-state index is 12.3. The standard InChI is InChI=1S/C12H20N2O5/c1-12(18)3-4-13(7-12)11(17)14-6-8(19-2)5-9(14)10(15)16/h8-9,18H,3-7H2,1-2H3,(H,15,16). The Labute approximate surface area is 111 Å². The lowest BCUT2D eigenvalue weighted by Crippen LogP contribution is -2.48. The second-order valence-electron chi connectivity index (χ2n) is 5.55. The molecule has 0 aromatic rings. The highest BCUT2D eigenvalue weighted by atomic mass is 16.5. The number of likely N-dealkylation sites (tertiary alicyclic amines) is 2. The first-order valence-corrected chi connectivity index (χ1v) is 6.37. The lowest BCUT2D eigenvalue weighted by molar-refractivity contribution is -0.141. The molecule has 0 bridgehead atoms. The predicted octanol–water partition coefficient (Wildman–Crippen LogP) is -0.263. The van der Waals surface area contributed by atoms with Crippen LogP contribution >= 0.6 is 0 Å². The van der Waals surface area contributed by atoms with Crippen molar-refractivity contribution in [3.63, 3.8) is 0 Å². The summed E-state index contributed by atoms with van der Waals surface area (Å²) in [4.78, 5) is 26.4. The summed E-state index contributed by atoms with van der Waals surface area (Å²) in [5.74, 6) is -1.01. The van der Waals surface area contributed by atoms with E-state index in [4.69, 9.17) is 4.74 Å². The molecule has 0 spiro atoms. The fraction of sp³-hybridized carbons (Fsp3) is 0.833. The third-order valence-corrected chi connectivity index (χ3v) is 3.85. The van der Waals surface area contributed by atoms with E-state index in [-0.39, 0.29) is 25.2 Å². The van der Waals surface area contributed by atoms with Crippen molar-refractivity contribution >= 4 is 12.0 Å². The molecule has 0 aromatic carbocycles. The first kappa shape index (κ1) is 14.1. The molecule has 2 aliphatic rings. The van der Waals surface area contributed by atoms with E-state index in [0.717, 1.165) is 0 Å². The number of hydrogen-bond donors (Lipinski definition) is 2. The van der Waals surface area contributed by atoms with Gasteiger partial charge in [0.15, 0.2) is 0 Å². The Morgan fingerprint density at radius 3 is 2.58 bits per heavy atom. The van der Waals surface area contributed by atoms with Gasteiger partial charge in [-0.3, -0.25) is 0 Å². The Kier molecular flexibility index (Phi) is 3.69. The van der Waals surface area contributed by atoms with Crippen molar-refractivity contribution < 1.29 is 24.5 Å². The number of aliphatic carboxylic acids is 1. The SMILES string of the molecule is COC1CC(C(=O)O)N(C(=O)N2CCC(C)(O)C2)C1. The van der Waals surface area contributed by atoms with Crippen LogP contribution in [0.3, 0.4) is 0 Å². The van der Waals surface area contributed by atoms with Crippen LogP contribution in [-0.4, -0.2) is 76.5 Å². The molecule has 2 heterocycles. The van der Waals surface area contributed by atoms with Gasteiger partial charge in [-0.2, -0.15) is 0 Å². The Bertz CT molecular complexity index is 384. The Balaban J connectivity index is 2.07. The van der Waals surface area contributed by atoms with Crippen molar-refractivity contribution in [2.45, 2.75) is 37.5 Å². The molecule has 2 fully saturated rings. The number of urea groups is 1. The maximum Gasteiger partial charge on any atom is 0.326 e. The molecule has 2 rings (SSSR count). The number of carbonyl (C=O) groups is 2. The van der Waals surface area contributed by atoms with Crippen LogP contribution in [0.2, 0.25) is 0 Å². The van der Waals surface area contributed by atoms with Crippen molar-refractivity contribution in [2.75, 3.05) is 26.7 Å². The van der Waals surface area contributed by atoms with E-state index in [2.05, 4.69) is 0 Å². The molecule has 19 heavy (non-hydrogen) atoms. The average Bonchev–Trinajstić information content (AvgIpc) is 2.91. The molecule has 7 heteroatoms. The van der Waals surface area contributed by atoms with E-state index in [1.54, 1.807) is 6.92 Å². The van der Waals surface area contributed by atoms with Gasteiger partial charge in [-0.15, -0.1) is 0 Å². The van der Waals surface area contributed by atoms with Gasteiger partial charge in [0, 0.05) is 26.6 Å². The van der Waals surface area contributed by atoms with Crippen LogP contribution < -0.4 is 0 Å². The minimum absolute atomic E-state index is 0.242. The molecule has 0 aromatic heterocycles. The van der Waals surface area contributed by atoms with Gasteiger partial charge in [0.1, 0.15) is 6.04 Å². The monoisotopic (exact) mass is 272 g/mol. The zero-order valence-corrected chi connectivity index (χ0v) is 11.2. The van der Waals surface area contributed by atoms with Crippen molar-refractivity contribution in [1.29, 1.82) is 0 Å². The molecule has 2 aliphatic heterocycles. The predicted molar refractivity (Wildman–Crippen MR) is 65.8 cm³/mol. The van der Waals surface area contributed by atoms with Gasteiger partial charge in [-0.1, -0.05) is 0 Å². The summed E-state index contributed by atoms with van der Waals surface area (Å²) in [7, 11) is 1.51. The second kappa shape index (κ2) is 4.97. The minimum Gasteiger partial charge on any atom is -0.480 e. The highest BCUT2D eigenvalue weighted by Gasteiger charge is 2.44. The fourth-order valence-electron chi connectivity index (χ4n) is 2.70. The average molecular weight is 272 g/mol. The number of hydrogen-bond acceptors (Lipinski definition) is 4. The first-order valence-electron chi connectivity index (χ1n) is 6.37. The third-order valence-electron chi connectivity index (χ3n) is 3.85. The summed E-state index contributed by atoms with van der Waals surface area (Å²) in [5.41, 5.74) is -0.880. The number of carbonyl (C=O) groups excluding carboxylic acids is 1. The summed E-state index contributed by atoms with van der Waals surface area (Å²) in [6.07, 6.45) is 0.577. The lowest BCUT2D eigenvalue weighted by atomic mass is 10.1. The minimum atomic E-state index is -1.01. The third kappa shape index (κ3) is 2.82. The number of methoxy groups -OCH3 is 1. The molecule has 3 atom stereocenters. The van der Waals surface area contributed by atoms with Crippen LogP contribution in [0, 0.1) is 0 Å². The van der Waals surface area contributed by atoms with Gasteiger partial charge >= 0.3 is 12.0 Å². The summed E-state index contributed by atoms with van der Waals surface area (Å²) in [5, 5.41) is 19.1. The van der Waals surface area contributed by atoms with Gasteiger partial charge in [0.25, 0.3) is 0 Å². The van der Waals surface area contributed by atoms with Crippen molar-refractivity contribution in [3.8, 4) is 0 Å². The summed E-state index contributed by atoms with van der Waals surface area (Å²) >= 11 is 0. The highest BCUT2D eigenvalue weighted by molar-refractivity contribution is 5.83. The Morgan fingerprint density at radius 1 is 1.42 bits per heavy atom. The van der Waals surface area contributed by atoms with E-state index in [0.29, 0.717) is 19.4 Å². The van der Waals surface area contributed by atoms with E-state index < -0.39 is 17.6 Å². The zero-order valence-electron chi connectivity index (χ0n) is 11.2. The molecule has 108 valence electrons. The number of carboxylic acid groups (broad SMARTS) is 1. The number of ether oxygens (including phenoxy) is 1. The van der Waals surface area contributed by atoms with Crippen LogP contribution in [0.5, 0.6) is 0 Å². The van der Waals surface area contributed by atoms with Gasteiger partial charge in [-0.25, -0.2) is 9.59 Å². The first-order chi connectivity index (χ1) is 8.84. The van der Waals surface area contributed by atoms with Gasteiger partial charge in [-0.05, 0) is 13.3 Å². The number of nitrogens with zero attached hydrogens (tertiary/aromatic N) is 2. The van der Waals surface area contributed by atoms with E-state index in [1.165, 1.54) is 16.9 Å². The van der Waals surface area contributed by atoms with Gasteiger partial charge in [0.2, 0.25) is 0 Å². The second-order valence-corrected chi connectivity index (χ2v) is 5.55. The number of aliphatic hydroxyl groups is 1. The molecule has 7 nitrogen and oxygen atoms in total. The number of β-amino-alcohol motifs (C(OH)–C–C–N with tert-alkyl or cyclic N) is 1. The molecule has 3 unspecified atom stereocenters. The number of amides is 2.